The summed E-state index contributed by atoms with van der Waals surface area (Å²) in [6.45, 7) is -1.25. The summed E-state index contributed by atoms with van der Waals surface area (Å²) in [5.41, 5.74) is 1.39. The van der Waals surface area contributed by atoms with E-state index in [0.29, 0.717) is 5.69 Å². The fraction of sp³-hybridized carbons (Fsp3) is 0.294. The van der Waals surface area contributed by atoms with Crippen LogP contribution in [0.25, 0.3) is 11.3 Å². The van der Waals surface area contributed by atoms with E-state index in [2.05, 4.69) is 15.5 Å². The van der Waals surface area contributed by atoms with E-state index in [-0.39, 0.29) is 5.82 Å². The monoisotopic (exact) mass is 380 g/mol. The summed E-state index contributed by atoms with van der Waals surface area (Å²) >= 11 is 0. The number of carbonyl (C=O) groups excluding carboxylic acids is 1. The fourth-order valence-corrected chi connectivity index (χ4v) is 2.90. The van der Waals surface area contributed by atoms with Gasteiger partial charge in [-0.2, -0.15) is 13.2 Å². The minimum Gasteiger partial charge on any atom is -0.481 e. The Balaban J connectivity index is 1.68. The van der Waals surface area contributed by atoms with Gasteiger partial charge in [0, 0.05) is 18.7 Å². The van der Waals surface area contributed by atoms with E-state index < -0.39 is 43.1 Å². The van der Waals surface area contributed by atoms with Crippen molar-refractivity contribution in [3.8, 4) is 11.3 Å². The summed E-state index contributed by atoms with van der Waals surface area (Å²) < 4.78 is 39.0. The van der Waals surface area contributed by atoms with Crippen LogP contribution in [0.2, 0.25) is 0 Å². The molecular formula is C17H15F3N4O3. The quantitative estimate of drug-likeness (QED) is 0.854. The summed E-state index contributed by atoms with van der Waals surface area (Å²) in [6.07, 6.45) is -4.70. The van der Waals surface area contributed by atoms with E-state index >= 15 is 0 Å². The Morgan fingerprint density at radius 2 is 1.78 bits per heavy atom. The number of amides is 2. The maximum atomic E-state index is 13.0. The first-order valence-electron chi connectivity index (χ1n) is 8.00. The molecule has 2 heterocycles. The highest BCUT2D eigenvalue weighted by molar-refractivity contribution is 5.89. The number of aliphatic carboxylic acids is 1. The van der Waals surface area contributed by atoms with Gasteiger partial charge < -0.3 is 10.0 Å². The molecule has 0 bridgehead atoms. The van der Waals surface area contributed by atoms with Gasteiger partial charge >= 0.3 is 18.2 Å². The molecule has 0 saturated carbocycles. The van der Waals surface area contributed by atoms with Gasteiger partial charge in [0.2, 0.25) is 0 Å². The van der Waals surface area contributed by atoms with E-state index in [0.717, 1.165) is 10.5 Å². The van der Waals surface area contributed by atoms with Crippen molar-refractivity contribution in [2.75, 3.05) is 18.4 Å². The lowest BCUT2D eigenvalue weighted by atomic mass is 9.96. The number of carboxylic acid groups (broad SMARTS) is 1. The molecule has 27 heavy (non-hydrogen) atoms. The summed E-state index contributed by atoms with van der Waals surface area (Å²) in [5, 5.41) is 19.2. The van der Waals surface area contributed by atoms with Crippen LogP contribution in [0, 0.1) is 11.8 Å². The molecule has 2 atom stereocenters. The molecule has 0 spiro atoms. The van der Waals surface area contributed by atoms with E-state index in [9.17, 15) is 22.8 Å². The fourth-order valence-electron chi connectivity index (χ4n) is 2.90. The number of rotatable bonds is 3. The average Bonchev–Trinajstić information content (AvgIpc) is 3.09. The molecule has 1 saturated heterocycles. The first-order chi connectivity index (χ1) is 12.8. The number of benzene rings is 1. The predicted octanol–water partition coefficient (Wildman–Crippen LogP) is 2.87. The first kappa shape index (κ1) is 18.6. The first-order valence-corrected chi connectivity index (χ1v) is 8.00. The molecule has 10 heteroatoms. The van der Waals surface area contributed by atoms with Crippen LogP contribution < -0.4 is 5.32 Å². The molecular weight excluding hydrogens is 365 g/mol. The topological polar surface area (TPSA) is 95.4 Å². The molecule has 1 aromatic heterocycles. The highest BCUT2D eigenvalue weighted by Crippen LogP contribution is 2.37. The highest BCUT2D eigenvalue weighted by atomic mass is 19.4. The van der Waals surface area contributed by atoms with Crippen LogP contribution in [-0.2, 0) is 4.79 Å². The SMILES string of the molecule is O=C(O)[C@@H]1CN(C(=O)Nc2ccc(-c3ccccc3)nn2)C[C@H]1C(F)(F)F. The third kappa shape index (κ3) is 4.15. The van der Waals surface area contributed by atoms with Crippen LogP contribution >= 0.6 is 0 Å². The Hall–Kier alpha value is -3.17. The standard InChI is InChI=1S/C17H15F3N4O3/c18-17(19,20)12-9-24(8-11(12)15(25)26)16(27)21-14-7-6-13(22-23-14)10-4-2-1-3-5-10/h1-7,11-12H,8-9H2,(H,25,26)(H,21,23,27)/t11-,12-/m1/s1. The van der Waals surface area contributed by atoms with Gasteiger partial charge in [-0.3, -0.25) is 10.1 Å². The number of nitrogens with one attached hydrogen (secondary N) is 1. The van der Waals surface area contributed by atoms with Gasteiger partial charge in [0.1, 0.15) is 0 Å². The van der Waals surface area contributed by atoms with Crippen molar-refractivity contribution in [2.24, 2.45) is 11.8 Å². The van der Waals surface area contributed by atoms with Gasteiger partial charge in [0.25, 0.3) is 0 Å². The Kier molecular flexibility index (Phi) is 4.98. The molecule has 2 N–H and O–H groups in total. The summed E-state index contributed by atoms with van der Waals surface area (Å²) in [6, 6.07) is 11.4. The Labute approximate surface area is 151 Å². The van der Waals surface area contributed by atoms with Crippen LogP contribution in [0.15, 0.2) is 42.5 Å². The summed E-state index contributed by atoms with van der Waals surface area (Å²) in [4.78, 5) is 24.1. The molecule has 1 aliphatic heterocycles. The van der Waals surface area contributed by atoms with Crippen LogP contribution in [0.5, 0.6) is 0 Å². The molecule has 142 valence electrons. The number of alkyl halides is 3. The molecule has 2 aromatic rings. The lowest BCUT2D eigenvalue weighted by molar-refractivity contribution is -0.187. The molecule has 2 amide bonds. The largest absolute Gasteiger partial charge is 0.481 e. The smallest absolute Gasteiger partial charge is 0.394 e. The molecule has 0 radical (unpaired) electrons. The number of likely N-dealkylation sites (tertiary alicyclic amines) is 1. The van der Waals surface area contributed by atoms with E-state index in [1.54, 1.807) is 6.07 Å². The summed E-state index contributed by atoms with van der Waals surface area (Å²) in [5.74, 6) is -5.32. The molecule has 1 aromatic carbocycles. The number of carboxylic acids is 1. The van der Waals surface area contributed by atoms with E-state index in [1.807, 2.05) is 30.3 Å². The van der Waals surface area contributed by atoms with Gasteiger partial charge in [0.15, 0.2) is 5.82 Å². The zero-order valence-corrected chi connectivity index (χ0v) is 13.8. The molecule has 1 aliphatic rings. The lowest BCUT2D eigenvalue weighted by Crippen LogP contribution is -2.35. The van der Waals surface area contributed by atoms with Crippen LogP contribution in [0.3, 0.4) is 0 Å². The van der Waals surface area contributed by atoms with Crippen molar-refractivity contribution < 1.29 is 27.9 Å². The minimum absolute atomic E-state index is 0.0574. The Morgan fingerprint density at radius 1 is 1.07 bits per heavy atom. The van der Waals surface area contributed by atoms with Gasteiger partial charge in [-0.25, -0.2) is 4.79 Å². The van der Waals surface area contributed by atoms with Crippen molar-refractivity contribution in [2.45, 2.75) is 6.18 Å². The van der Waals surface area contributed by atoms with Crippen LogP contribution in [0.4, 0.5) is 23.8 Å². The normalized spacial score (nSPS) is 19.7. The number of carbonyl (C=O) groups is 2. The number of anilines is 1. The molecule has 7 nitrogen and oxygen atoms in total. The molecule has 0 unspecified atom stereocenters. The minimum atomic E-state index is -4.70. The number of hydrogen-bond donors (Lipinski definition) is 2. The highest BCUT2D eigenvalue weighted by Gasteiger charge is 2.53. The second kappa shape index (κ2) is 7.22. The van der Waals surface area contributed by atoms with Crippen LogP contribution in [0.1, 0.15) is 0 Å². The number of nitrogens with zero attached hydrogens (tertiary/aromatic N) is 3. The van der Waals surface area contributed by atoms with Gasteiger partial charge in [-0.15, -0.1) is 10.2 Å². The van der Waals surface area contributed by atoms with Crippen LogP contribution in [-0.4, -0.2) is 51.5 Å². The van der Waals surface area contributed by atoms with Crippen molar-refractivity contribution in [3.63, 3.8) is 0 Å². The second-order valence-corrected chi connectivity index (χ2v) is 6.10. The summed E-state index contributed by atoms with van der Waals surface area (Å²) in [7, 11) is 0. The zero-order chi connectivity index (χ0) is 19.6. The molecule has 0 aliphatic carbocycles. The van der Waals surface area contributed by atoms with E-state index in [4.69, 9.17) is 5.11 Å². The average molecular weight is 380 g/mol. The predicted molar refractivity (Wildman–Crippen MR) is 88.7 cm³/mol. The van der Waals surface area contributed by atoms with Crippen molar-refractivity contribution in [3.05, 3.63) is 42.5 Å². The van der Waals surface area contributed by atoms with Gasteiger partial charge in [-0.1, -0.05) is 30.3 Å². The number of halogens is 3. The Bertz CT molecular complexity index is 828. The molecule has 1 fully saturated rings. The van der Waals surface area contributed by atoms with Gasteiger partial charge in [-0.05, 0) is 12.1 Å². The lowest BCUT2D eigenvalue weighted by Gasteiger charge is -2.18. The van der Waals surface area contributed by atoms with Crippen molar-refractivity contribution in [1.82, 2.24) is 15.1 Å². The van der Waals surface area contributed by atoms with E-state index in [1.165, 1.54) is 6.07 Å². The second-order valence-electron chi connectivity index (χ2n) is 6.10. The third-order valence-corrected chi connectivity index (χ3v) is 4.31. The maximum Gasteiger partial charge on any atom is 0.394 e. The van der Waals surface area contributed by atoms with Crippen molar-refractivity contribution >= 4 is 17.8 Å². The van der Waals surface area contributed by atoms with Crippen molar-refractivity contribution in [1.29, 1.82) is 0 Å². The third-order valence-electron chi connectivity index (χ3n) is 4.31. The number of urea groups is 1. The zero-order valence-electron chi connectivity index (χ0n) is 13.8. The number of aromatic nitrogens is 2. The maximum absolute atomic E-state index is 13.0. The molecule has 3 rings (SSSR count). The number of hydrogen-bond acceptors (Lipinski definition) is 4. The van der Waals surface area contributed by atoms with Gasteiger partial charge in [0.05, 0.1) is 17.5 Å². The Morgan fingerprint density at radius 3 is 2.30 bits per heavy atom.